The Balaban J connectivity index is 2.48. The third-order valence-electron chi connectivity index (χ3n) is 2.37. The quantitative estimate of drug-likeness (QED) is 0.734. The monoisotopic (exact) mass is 195 g/mol. The predicted molar refractivity (Wildman–Crippen MR) is 53.1 cm³/mol. The summed E-state index contributed by atoms with van der Waals surface area (Å²) < 4.78 is 0. The van der Waals surface area contributed by atoms with Crippen LogP contribution < -0.4 is 5.32 Å². The summed E-state index contributed by atoms with van der Waals surface area (Å²) in [6.07, 6.45) is 0.834. The largest absolute Gasteiger partial charge is 0.325 e. The van der Waals surface area contributed by atoms with Gasteiger partial charge in [-0.2, -0.15) is 0 Å². The Hall–Kier alpha value is -1.02. The second-order valence-electron chi connectivity index (χ2n) is 3.18. The van der Waals surface area contributed by atoms with Crippen molar-refractivity contribution in [3.05, 3.63) is 28.8 Å². The highest BCUT2D eigenvalue weighted by molar-refractivity contribution is 6.31. The number of hydrogen-bond acceptors (Lipinski definition) is 1. The smallest absolute Gasteiger partial charge is 0.231 e. The highest BCUT2D eigenvalue weighted by Gasteiger charge is 2.28. The summed E-state index contributed by atoms with van der Waals surface area (Å²) >= 11 is 5.81. The van der Waals surface area contributed by atoms with Gasteiger partial charge in [-0.15, -0.1) is 0 Å². The summed E-state index contributed by atoms with van der Waals surface area (Å²) in [5.74, 6) is 0.0898. The molecule has 1 N–H and O–H groups in total. The van der Waals surface area contributed by atoms with Gasteiger partial charge in [-0.1, -0.05) is 24.6 Å². The second kappa shape index (κ2) is 3.04. The van der Waals surface area contributed by atoms with Crippen LogP contribution in [-0.2, 0) is 4.79 Å². The Morgan fingerprint density at radius 3 is 3.00 bits per heavy atom. The van der Waals surface area contributed by atoms with Gasteiger partial charge in [0.1, 0.15) is 0 Å². The van der Waals surface area contributed by atoms with E-state index < -0.39 is 0 Å². The first-order valence-corrected chi connectivity index (χ1v) is 4.70. The van der Waals surface area contributed by atoms with Gasteiger partial charge in [-0.25, -0.2) is 0 Å². The molecular weight excluding hydrogens is 186 g/mol. The van der Waals surface area contributed by atoms with Crippen molar-refractivity contribution in [1.29, 1.82) is 0 Å². The molecule has 0 spiro atoms. The van der Waals surface area contributed by atoms with Crippen LogP contribution in [0.4, 0.5) is 5.69 Å². The number of halogens is 1. The number of carbonyl (C=O) groups is 1. The van der Waals surface area contributed by atoms with Gasteiger partial charge in [0.2, 0.25) is 5.91 Å². The molecular formula is C10H10ClNO. The van der Waals surface area contributed by atoms with Crippen molar-refractivity contribution in [3.63, 3.8) is 0 Å². The van der Waals surface area contributed by atoms with E-state index in [1.807, 2.05) is 19.1 Å². The summed E-state index contributed by atoms with van der Waals surface area (Å²) in [6.45, 7) is 2.01. The fourth-order valence-corrected chi connectivity index (χ4v) is 1.88. The van der Waals surface area contributed by atoms with Crippen molar-refractivity contribution in [3.8, 4) is 0 Å². The van der Waals surface area contributed by atoms with E-state index >= 15 is 0 Å². The minimum atomic E-state index is 0.00673. The maximum absolute atomic E-state index is 11.4. The first-order chi connectivity index (χ1) is 6.22. The van der Waals surface area contributed by atoms with Crippen LogP contribution in [0.15, 0.2) is 18.2 Å². The molecule has 0 aromatic heterocycles. The van der Waals surface area contributed by atoms with E-state index in [1.165, 1.54) is 0 Å². The molecule has 0 saturated heterocycles. The number of amides is 1. The normalized spacial score (nSPS) is 19.8. The lowest BCUT2D eigenvalue weighted by atomic mass is 9.98. The number of carbonyl (C=O) groups excluding carboxylic acids is 1. The molecule has 2 nitrogen and oxygen atoms in total. The van der Waals surface area contributed by atoms with E-state index in [9.17, 15) is 4.79 Å². The number of benzene rings is 1. The summed E-state index contributed by atoms with van der Waals surface area (Å²) in [5, 5.41) is 3.48. The Bertz CT molecular complexity index is 362. The van der Waals surface area contributed by atoms with Gasteiger partial charge in [0.25, 0.3) is 0 Å². The molecule has 0 unspecified atom stereocenters. The molecule has 2 rings (SSSR count). The molecule has 1 aromatic rings. The first-order valence-electron chi connectivity index (χ1n) is 4.32. The highest BCUT2D eigenvalue weighted by atomic mass is 35.5. The molecule has 3 heteroatoms. The summed E-state index contributed by atoms with van der Waals surface area (Å²) in [7, 11) is 0. The maximum Gasteiger partial charge on any atom is 0.231 e. The predicted octanol–water partition coefficient (Wildman–Crippen LogP) is 2.79. The van der Waals surface area contributed by atoms with Crippen LogP contribution in [0.25, 0.3) is 0 Å². The fraction of sp³-hybridized carbons (Fsp3) is 0.300. The van der Waals surface area contributed by atoms with Gasteiger partial charge in [0.15, 0.2) is 0 Å². The van der Waals surface area contributed by atoms with E-state index in [2.05, 4.69) is 5.32 Å². The van der Waals surface area contributed by atoms with E-state index in [1.54, 1.807) is 6.07 Å². The van der Waals surface area contributed by atoms with Gasteiger partial charge < -0.3 is 5.32 Å². The highest BCUT2D eigenvalue weighted by Crippen LogP contribution is 2.35. The van der Waals surface area contributed by atoms with Gasteiger partial charge >= 0.3 is 0 Å². The van der Waals surface area contributed by atoms with Crippen LogP contribution >= 0.6 is 11.6 Å². The van der Waals surface area contributed by atoms with Crippen molar-refractivity contribution in [1.82, 2.24) is 0 Å². The molecule has 13 heavy (non-hydrogen) atoms. The first kappa shape index (κ1) is 8.57. The van der Waals surface area contributed by atoms with Crippen molar-refractivity contribution in [2.45, 2.75) is 19.3 Å². The third kappa shape index (κ3) is 1.31. The molecule has 0 aliphatic carbocycles. The number of fused-ring (bicyclic) bond motifs is 1. The van der Waals surface area contributed by atoms with E-state index in [0.717, 1.165) is 17.7 Å². The molecule has 1 aliphatic rings. The zero-order valence-electron chi connectivity index (χ0n) is 7.30. The molecule has 0 radical (unpaired) electrons. The van der Waals surface area contributed by atoms with Crippen molar-refractivity contribution in [2.75, 3.05) is 5.32 Å². The lowest BCUT2D eigenvalue weighted by Crippen LogP contribution is -2.10. The van der Waals surface area contributed by atoms with Crippen molar-refractivity contribution >= 4 is 23.2 Å². The lowest BCUT2D eigenvalue weighted by Gasteiger charge is -2.03. The minimum absolute atomic E-state index is 0.00673. The number of nitrogens with one attached hydrogen (secondary N) is 1. The van der Waals surface area contributed by atoms with Gasteiger partial charge in [0, 0.05) is 10.7 Å². The summed E-state index contributed by atoms with van der Waals surface area (Å²) in [6, 6.07) is 5.54. The topological polar surface area (TPSA) is 29.1 Å². The van der Waals surface area contributed by atoms with Crippen LogP contribution in [0, 0.1) is 0 Å². The van der Waals surface area contributed by atoms with Crippen molar-refractivity contribution in [2.24, 2.45) is 0 Å². The van der Waals surface area contributed by atoms with E-state index in [-0.39, 0.29) is 11.8 Å². The van der Waals surface area contributed by atoms with Crippen LogP contribution in [0.2, 0.25) is 5.02 Å². The molecule has 0 saturated carbocycles. The molecule has 0 fully saturated rings. The zero-order valence-corrected chi connectivity index (χ0v) is 8.06. The van der Waals surface area contributed by atoms with Crippen LogP contribution in [0.3, 0.4) is 0 Å². The molecule has 1 heterocycles. The SMILES string of the molecule is CC[C@H]1C(=O)Nc2cc(Cl)ccc21. The molecule has 1 atom stereocenters. The van der Waals surface area contributed by atoms with Gasteiger partial charge in [-0.05, 0) is 24.1 Å². The molecule has 1 aliphatic heterocycles. The number of hydrogen-bond donors (Lipinski definition) is 1. The third-order valence-corrected chi connectivity index (χ3v) is 2.61. The average molecular weight is 196 g/mol. The van der Waals surface area contributed by atoms with Crippen LogP contribution in [0.1, 0.15) is 24.8 Å². The van der Waals surface area contributed by atoms with Crippen LogP contribution in [0.5, 0.6) is 0 Å². The maximum atomic E-state index is 11.4. The van der Waals surface area contributed by atoms with Gasteiger partial charge in [-0.3, -0.25) is 4.79 Å². The molecule has 1 aromatic carbocycles. The number of anilines is 1. The lowest BCUT2D eigenvalue weighted by molar-refractivity contribution is -0.117. The Morgan fingerprint density at radius 1 is 1.54 bits per heavy atom. The zero-order chi connectivity index (χ0) is 9.42. The standard InChI is InChI=1S/C10H10ClNO/c1-2-7-8-4-3-6(11)5-9(8)12-10(7)13/h3-5,7H,2H2,1H3,(H,12,13)/t7-/m1/s1. The average Bonchev–Trinajstić information content (AvgIpc) is 2.39. The minimum Gasteiger partial charge on any atom is -0.325 e. The summed E-state index contributed by atoms with van der Waals surface area (Å²) in [5.41, 5.74) is 1.93. The molecule has 68 valence electrons. The van der Waals surface area contributed by atoms with E-state index in [0.29, 0.717) is 5.02 Å². The van der Waals surface area contributed by atoms with Crippen LogP contribution in [-0.4, -0.2) is 5.91 Å². The Kier molecular flexibility index (Phi) is 2.00. The Morgan fingerprint density at radius 2 is 2.31 bits per heavy atom. The fourth-order valence-electron chi connectivity index (χ4n) is 1.71. The van der Waals surface area contributed by atoms with Gasteiger partial charge in [0.05, 0.1) is 5.92 Å². The Labute approximate surface area is 81.9 Å². The second-order valence-corrected chi connectivity index (χ2v) is 3.62. The molecule has 1 amide bonds. The summed E-state index contributed by atoms with van der Waals surface area (Å²) in [4.78, 5) is 11.4. The number of rotatable bonds is 1. The van der Waals surface area contributed by atoms with E-state index in [4.69, 9.17) is 11.6 Å². The van der Waals surface area contributed by atoms with Crippen molar-refractivity contribution < 1.29 is 4.79 Å². The molecule has 0 bridgehead atoms.